The maximum Gasteiger partial charge on any atom is 0.249 e. The van der Waals surface area contributed by atoms with Crippen LogP contribution in [0.3, 0.4) is 0 Å². The molecule has 9 heteroatoms. The first kappa shape index (κ1) is 25.6. The lowest BCUT2D eigenvalue weighted by atomic mass is 9.97. The molecule has 192 valence electrons. The van der Waals surface area contributed by atoms with E-state index in [1.165, 1.54) is 10.5 Å². The highest BCUT2D eigenvalue weighted by Crippen LogP contribution is 2.32. The summed E-state index contributed by atoms with van der Waals surface area (Å²) in [6, 6.07) is 5.38. The number of benzene rings is 1. The van der Waals surface area contributed by atoms with E-state index >= 15 is 0 Å². The van der Waals surface area contributed by atoms with Crippen molar-refractivity contribution in [2.24, 2.45) is 5.92 Å². The number of rotatable bonds is 9. The molecular formula is C26H39N5O4. The van der Waals surface area contributed by atoms with Gasteiger partial charge in [0.25, 0.3) is 0 Å². The molecule has 4 rings (SSSR count). The third kappa shape index (κ3) is 6.59. The molecule has 3 fully saturated rings. The van der Waals surface area contributed by atoms with Gasteiger partial charge < -0.3 is 19.9 Å². The van der Waals surface area contributed by atoms with Crippen molar-refractivity contribution in [3.05, 3.63) is 23.8 Å². The average molecular weight is 486 g/mol. The van der Waals surface area contributed by atoms with Crippen LogP contribution in [-0.4, -0.2) is 82.2 Å². The van der Waals surface area contributed by atoms with Crippen molar-refractivity contribution in [1.29, 1.82) is 0 Å². The first-order valence-electron chi connectivity index (χ1n) is 12.9. The zero-order valence-electron chi connectivity index (χ0n) is 21.0. The van der Waals surface area contributed by atoms with Gasteiger partial charge in [0.1, 0.15) is 6.04 Å². The van der Waals surface area contributed by atoms with Crippen molar-refractivity contribution in [3.8, 4) is 0 Å². The summed E-state index contributed by atoms with van der Waals surface area (Å²) in [6.45, 7) is 5.96. The summed E-state index contributed by atoms with van der Waals surface area (Å²) in [5.41, 5.74) is 2.73. The van der Waals surface area contributed by atoms with E-state index in [0.717, 1.165) is 70.7 Å². The Morgan fingerprint density at radius 3 is 2.46 bits per heavy atom. The first-order valence-corrected chi connectivity index (χ1v) is 12.9. The zero-order valence-corrected chi connectivity index (χ0v) is 21.0. The average Bonchev–Trinajstić information content (AvgIpc) is 2.86. The topological polar surface area (TPSA) is 94.2 Å². The number of hydrogen-bond acceptors (Lipinski definition) is 7. The molecule has 3 saturated heterocycles. The second-order valence-corrected chi connectivity index (χ2v) is 10.2. The summed E-state index contributed by atoms with van der Waals surface area (Å²) in [5.74, 6) is -0.0773. The number of carbonyl (C=O) groups is 3. The molecule has 3 heterocycles. The van der Waals surface area contributed by atoms with Crippen molar-refractivity contribution in [1.82, 2.24) is 15.5 Å². The van der Waals surface area contributed by atoms with E-state index in [4.69, 9.17) is 4.74 Å². The summed E-state index contributed by atoms with van der Waals surface area (Å²) >= 11 is 0. The molecule has 0 aromatic heterocycles. The van der Waals surface area contributed by atoms with Crippen LogP contribution in [0.2, 0.25) is 0 Å². The molecule has 1 aromatic carbocycles. The summed E-state index contributed by atoms with van der Waals surface area (Å²) in [7, 11) is 3.87. The van der Waals surface area contributed by atoms with Crippen molar-refractivity contribution < 1.29 is 19.1 Å². The van der Waals surface area contributed by atoms with Gasteiger partial charge in [0.15, 0.2) is 0 Å². The Labute approximate surface area is 208 Å². The third-order valence-electron chi connectivity index (χ3n) is 7.43. The first-order chi connectivity index (χ1) is 16.9. The number of anilines is 2. The zero-order chi connectivity index (χ0) is 24.8. The third-order valence-corrected chi connectivity index (χ3v) is 7.43. The monoisotopic (exact) mass is 485 g/mol. The highest BCUT2D eigenvalue weighted by molar-refractivity contribution is 6.04. The molecule has 1 aromatic rings. The predicted molar refractivity (Wildman–Crippen MR) is 135 cm³/mol. The van der Waals surface area contributed by atoms with E-state index in [9.17, 15) is 14.4 Å². The summed E-state index contributed by atoms with van der Waals surface area (Å²) in [4.78, 5) is 41.8. The van der Waals surface area contributed by atoms with Crippen molar-refractivity contribution in [2.75, 3.05) is 56.7 Å². The largest absolute Gasteiger partial charge is 0.378 e. The minimum atomic E-state index is -0.680. The van der Waals surface area contributed by atoms with Gasteiger partial charge >= 0.3 is 0 Å². The number of ether oxygens (including phenoxy) is 1. The molecule has 0 saturated carbocycles. The molecule has 9 nitrogen and oxygen atoms in total. The molecule has 1 atom stereocenters. The van der Waals surface area contributed by atoms with Crippen LogP contribution in [0.1, 0.15) is 44.1 Å². The molecule has 2 N–H and O–H groups in total. The fourth-order valence-corrected chi connectivity index (χ4v) is 5.29. The molecule has 0 bridgehead atoms. The van der Waals surface area contributed by atoms with Crippen LogP contribution >= 0.6 is 0 Å². The Bertz CT molecular complexity index is 894. The van der Waals surface area contributed by atoms with Gasteiger partial charge in [-0.3, -0.25) is 24.6 Å². The molecule has 3 amide bonds. The van der Waals surface area contributed by atoms with Crippen molar-refractivity contribution in [3.63, 3.8) is 0 Å². The van der Waals surface area contributed by atoms with Crippen LogP contribution in [0.5, 0.6) is 0 Å². The Morgan fingerprint density at radius 1 is 1.06 bits per heavy atom. The van der Waals surface area contributed by atoms with E-state index in [1.54, 1.807) is 0 Å². The maximum absolute atomic E-state index is 12.4. The van der Waals surface area contributed by atoms with Crippen LogP contribution in [-0.2, 0) is 25.7 Å². The van der Waals surface area contributed by atoms with Crippen LogP contribution in [0.25, 0.3) is 0 Å². The lowest BCUT2D eigenvalue weighted by Gasteiger charge is -2.34. The molecule has 0 radical (unpaired) electrons. The van der Waals surface area contributed by atoms with E-state index in [0.29, 0.717) is 30.5 Å². The number of hydrogen-bond donors (Lipinski definition) is 2. The molecule has 3 aliphatic heterocycles. The molecule has 1 unspecified atom stereocenters. The smallest absolute Gasteiger partial charge is 0.249 e. The van der Waals surface area contributed by atoms with E-state index < -0.39 is 11.9 Å². The number of imide groups is 1. The molecule has 0 aliphatic carbocycles. The summed E-state index contributed by atoms with van der Waals surface area (Å²) in [6.07, 6.45) is 6.21. The van der Waals surface area contributed by atoms with Gasteiger partial charge in [0.2, 0.25) is 18.2 Å². The highest BCUT2D eigenvalue weighted by atomic mass is 16.5. The van der Waals surface area contributed by atoms with Crippen molar-refractivity contribution >= 4 is 29.6 Å². The van der Waals surface area contributed by atoms with E-state index in [-0.39, 0.29) is 12.3 Å². The Balaban J connectivity index is 1.35. The standard InChI is InChI=1S/C26H39N5O4/c1-29(2)24-15-20(3-4-22(24)31(18-32)23-5-6-25(33)28-26(23)34)16-30-13-9-19(10-14-30)17-35-21-7-11-27-12-8-21/h3-4,15,18-19,21,23,27H,5-14,16-17H2,1-2H3,(H,28,33,34). The van der Waals surface area contributed by atoms with Crippen LogP contribution in [0.4, 0.5) is 11.4 Å². The fraction of sp³-hybridized carbons (Fsp3) is 0.654. The van der Waals surface area contributed by atoms with Gasteiger partial charge in [-0.25, -0.2) is 0 Å². The van der Waals surface area contributed by atoms with Crippen LogP contribution in [0.15, 0.2) is 18.2 Å². The molecular weight excluding hydrogens is 446 g/mol. The second-order valence-electron chi connectivity index (χ2n) is 10.2. The summed E-state index contributed by atoms with van der Waals surface area (Å²) in [5, 5.41) is 5.73. The highest BCUT2D eigenvalue weighted by Gasteiger charge is 2.33. The lowest BCUT2D eigenvalue weighted by molar-refractivity contribution is -0.134. The SMILES string of the molecule is CN(C)c1cc(CN2CCC(COC3CCNCC3)CC2)ccc1N(C=O)C1CCC(=O)NC1=O. The normalized spacial score (nSPS) is 22.6. The minimum Gasteiger partial charge on any atom is -0.378 e. The van der Waals surface area contributed by atoms with Gasteiger partial charge in [-0.15, -0.1) is 0 Å². The van der Waals surface area contributed by atoms with Crippen molar-refractivity contribution in [2.45, 2.75) is 57.2 Å². The molecule has 0 spiro atoms. The predicted octanol–water partition coefficient (Wildman–Crippen LogP) is 1.50. The molecule has 3 aliphatic rings. The van der Waals surface area contributed by atoms with Crippen LogP contribution < -0.4 is 20.4 Å². The number of piperidine rings is 3. The number of nitrogens with zero attached hydrogens (tertiary/aromatic N) is 3. The second kappa shape index (κ2) is 12.0. The van der Waals surface area contributed by atoms with E-state index in [1.807, 2.05) is 31.1 Å². The quantitative estimate of drug-likeness (QED) is 0.404. The Morgan fingerprint density at radius 2 is 1.80 bits per heavy atom. The fourth-order valence-electron chi connectivity index (χ4n) is 5.29. The number of carbonyl (C=O) groups excluding carboxylic acids is 3. The number of amides is 3. The number of nitrogens with one attached hydrogen (secondary N) is 2. The number of likely N-dealkylation sites (tertiary alicyclic amines) is 1. The lowest BCUT2D eigenvalue weighted by Crippen LogP contribution is -2.52. The Kier molecular flexibility index (Phi) is 8.75. The summed E-state index contributed by atoms with van der Waals surface area (Å²) < 4.78 is 6.18. The van der Waals surface area contributed by atoms with Gasteiger partial charge in [-0.1, -0.05) is 6.07 Å². The van der Waals surface area contributed by atoms with Gasteiger partial charge in [-0.2, -0.15) is 0 Å². The minimum absolute atomic E-state index is 0.231. The van der Waals surface area contributed by atoms with Gasteiger partial charge in [-0.05, 0) is 81.9 Å². The maximum atomic E-state index is 12.4. The van der Waals surface area contributed by atoms with Gasteiger partial charge in [0, 0.05) is 33.7 Å². The van der Waals surface area contributed by atoms with E-state index in [2.05, 4.69) is 21.6 Å². The molecule has 35 heavy (non-hydrogen) atoms. The van der Waals surface area contributed by atoms with Crippen LogP contribution in [0, 0.1) is 5.92 Å². The van der Waals surface area contributed by atoms with Gasteiger partial charge in [0.05, 0.1) is 17.5 Å². The Hall–Kier alpha value is -2.49.